The van der Waals surface area contributed by atoms with Crippen LogP contribution in [-0.4, -0.2) is 18.1 Å². The normalized spacial score (nSPS) is 31.9. The second-order valence-corrected chi connectivity index (χ2v) is 5.97. The van der Waals surface area contributed by atoms with E-state index < -0.39 is 0 Å². The smallest absolute Gasteiger partial charge is 0.124 e. The molecule has 1 aromatic carbocycles. The molecular formula is C13H16BrFN2. The molecule has 2 saturated heterocycles. The van der Waals surface area contributed by atoms with Crippen LogP contribution < -0.4 is 10.6 Å². The summed E-state index contributed by atoms with van der Waals surface area (Å²) in [5.41, 5.74) is 7.18. The molecule has 0 radical (unpaired) electrons. The summed E-state index contributed by atoms with van der Waals surface area (Å²) in [6.45, 7) is 0. The van der Waals surface area contributed by atoms with Crippen LogP contribution in [0.5, 0.6) is 0 Å². The Hall–Kier alpha value is -0.610. The lowest BCUT2D eigenvalue weighted by Crippen LogP contribution is -2.47. The Kier molecular flexibility index (Phi) is 2.87. The SMILES string of the molecule is NC1CC2CCC(C1)N2c1ccc(F)cc1Br. The number of benzene rings is 1. The van der Waals surface area contributed by atoms with Crippen LogP contribution in [0.2, 0.25) is 0 Å². The minimum Gasteiger partial charge on any atom is -0.365 e. The van der Waals surface area contributed by atoms with E-state index in [-0.39, 0.29) is 5.82 Å². The van der Waals surface area contributed by atoms with E-state index >= 15 is 0 Å². The van der Waals surface area contributed by atoms with Gasteiger partial charge in [-0.3, -0.25) is 0 Å². The molecule has 2 heterocycles. The predicted molar refractivity (Wildman–Crippen MR) is 70.6 cm³/mol. The van der Waals surface area contributed by atoms with Crippen LogP contribution in [-0.2, 0) is 0 Å². The molecule has 2 atom stereocenters. The van der Waals surface area contributed by atoms with Crippen molar-refractivity contribution in [3.05, 3.63) is 28.5 Å². The highest BCUT2D eigenvalue weighted by Crippen LogP contribution is 2.41. The molecule has 0 amide bonds. The minimum absolute atomic E-state index is 0.193. The molecule has 2 aliphatic heterocycles. The van der Waals surface area contributed by atoms with Crippen molar-refractivity contribution in [1.82, 2.24) is 0 Å². The Morgan fingerprint density at radius 2 is 1.88 bits per heavy atom. The monoisotopic (exact) mass is 298 g/mol. The van der Waals surface area contributed by atoms with Gasteiger partial charge in [-0.1, -0.05) is 0 Å². The van der Waals surface area contributed by atoms with E-state index in [2.05, 4.69) is 20.8 Å². The summed E-state index contributed by atoms with van der Waals surface area (Å²) in [5, 5.41) is 0. The molecule has 2 bridgehead atoms. The van der Waals surface area contributed by atoms with Crippen LogP contribution >= 0.6 is 15.9 Å². The number of nitrogens with zero attached hydrogens (tertiary/aromatic N) is 1. The van der Waals surface area contributed by atoms with Crippen molar-refractivity contribution in [2.45, 2.75) is 43.8 Å². The zero-order chi connectivity index (χ0) is 12.0. The van der Waals surface area contributed by atoms with Gasteiger partial charge in [-0.05, 0) is 59.8 Å². The standard InChI is InChI=1S/C13H16BrFN2/c14-12-5-8(15)1-4-13(12)17-10-2-3-11(17)7-9(16)6-10/h1,4-5,9-11H,2-3,6-7,16H2. The van der Waals surface area contributed by atoms with E-state index in [0.29, 0.717) is 18.1 Å². The van der Waals surface area contributed by atoms with E-state index in [9.17, 15) is 4.39 Å². The van der Waals surface area contributed by atoms with Crippen LogP contribution in [0.25, 0.3) is 0 Å². The van der Waals surface area contributed by atoms with Gasteiger partial charge in [-0.15, -0.1) is 0 Å². The summed E-state index contributed by atoms with van der Waals surface area (Å²) in [6, 6.07) is 6.36. The van der Waals surface area contributed by atoms with Gasteiger partial charge in [0.1, 0.15) is 5.82 Å². The van der Waals surface area contributed by atoms with E-state index in [4.69, 9.17) is 5.73 Å². The molecule has 2 nitrogen and oxygen atoms in total. The molecule has 0 saturated carbocycles. The van der Waals surface area contributed by atoms with Crippen molar-refractivity contribution in [1.29, 1.82) is 0 Å². The van der Waals surface area contributed by atoms with E-state index in [1.165, 1.54) is 18.9 Å². The first kappa shape index (κ1) is 11.5. The summed E-state index contributed by atoms with van der Waals surface area (Å²) in [4.78, 5) is 2.44. The van der Waals surface area contributed by atoms with Crippen LogP contribution in [0, 0.1) is 5.82 Å². The number of hydrogen-bond acceptors (Lipinski definition) is 2. The Labute approximate surface area is 109 Å². The first-order valence-corrected chi connectivity index (χ1v) is 6.93. The molecule has 0 aliphatic carbocycles. The summed E-state index contributed by atoms with van der Waals surface area (Å²) < 4.78 is 14.0. The van der Waals surface area contributed by atoms with Crippen molar-refractivity contribution in [2.24, 2.45) is 5.73 Å². The van der Waals surface area contributed by atoms with Crippen molar-refractivity contribution in [3.63, 3.8) is 0 Å². The Morgan fingerprint density at radius 1 is 1.24 bits per heavy atom. The quantitative estimate of drug-likeness (QED) is 0.863. The largest absolute Gasteiger partial charge is 0.365 e. The molecule has 1 aromatic rings. The van der Waals surface area contributed by atoms with E-state index in [1.807, 2.05) is 6.07 Å². The second kappa shape index (κ2) is 4.25. The number of rotatable bonds is 1. The maximum Gasteiger partial charge on any atom is 0.124 e. The maximum atomic E-state index is 13.1. The van der Waals surface area contributed by atoms with Gasteiger partial charge in [0.15, 0.2) is 0 Å². The van der Waals surface area contributed by atoms with E-state index in [0.717, 1.165) is 23.0 Å². The van der Waals surface area contributed by atoms with Crippen LogP contribution in [0.3, 0.4) is 0 Å². The van der Waals surface area contributed by atoms with Crippen LogP contribution in [0.4, 0.5) is 10.1 Å². The summed E-state index contributed by atoms with van der Waals surface area (Å²) in [6.07, 6.45) is 4.53. The van der Waals surface area contributed by atoms with Gasteiger partial charge in [-0.25, -0.2) is 4.39 Å². The Balaban J connectivity index is 1.94. The highest BCUT2D eigenvalue weighted by molar-refractivity contribution is 9.10. The highest BCUT2D eigenvalue weighted by Gasteiger charge is 2.40. The summed E-state index contributed by atoms with van der Waals surface area (Å²) >= 11 is 3.47. The topological polar surface area (TPSA) is 29.3 Å². The van der Waals surface area contributed by atoms with Crippen molar-refractivity contribution in [3.8, 4) is 0 Å². The average molecular weight is 299 g/mol. The van der Waals surface area contributed by atoms with Gasteiger partial charge in [0.2, 0.25) is 0 Å². The Morgan fingerprint density at radius 3 is 2.47 bits per heavy atom. The fourth-order valence-corrected chi connectivity index (χ4v) is 3.86. The lowest BCUT2D eigenvalue weighted by atomic mass is 9.97. The first-order chi connectivity index (χ1) is 8.15. The molecule has 0 aromatic heterocycles. The predicted octanol–water partition coefficient (Wildman–Crippen LogP) is 3.05. The molecule has 0 spiro atoms. The lowest BCUT2D eigenvalue weighted by molar-refractivity contribution is 0.414. The van der Waals surface area contributed by atoms with Gasteiger partial charge in [0.25, 0.3) is 0 Å². The number of halogens is 2. The highest BCUT2D eigenvalue weighted by atomic mass is 79.9. The third kappa shape index (κ3) is 1.97. The second-order valence-electron chi connectivity index (χ2n) is 5.12. The van der Waals surface area contributed by atoms with Crippen molar-refractivity contribution in [2.75, 3.05) is 4.90 Å². The van der Waals surface area contributed by atoms with Gasteiger partial charge < -0.3 is 10.6 Å². The van der Waals surface area contributed by atoms with Gasteiger partial charge in [-0.2, -0.15) is 0 Å². The lowest BCUT2D eigenvalue weighted by Gasteiger charge is -2.40. The van der Waals surface area contributed by atoms with Gasteiger partial charge in [0.05, 0.1) is 5.69 Å². The fraction of sp³-hybridized carbons (Fsp3) is 0.538. The van der Waals surface area contributed by atoms with Crippen molar-refractivity contribution >= 4 is 21.6 Å². The molecular weight excluding hydrogens is 283 g/mol. The molecule has 92 valence electrons. The first-order valence-electron chi connectivity index (χ1n) is 6.14. The van der Waals surface area contributed by atoms with Crippen molar-refractivity contribution < 1.29 is 4.39 Å². The van der Waals surface area contributed by atoms with Gasteiger partial charge in [0, 0.05) is 22.6 Å². The van der Waals surface area contributed by atoms with Crippen LogP contribution in [0.15, 0.2) is 22.7 Å². The molecule has 2 unspecified atom stereocenters. The zero-order valence-corrected chi connectivity index (χ0v) is 11.2. The molecule has 4 heteroatoms. The zero-order valence-electron chi connectivity index (χ0n) is 9.57. The fourth-order valence-electron chi connectivity index (χ4n) is 3.30. The number of fused-ring (bicyclic) bond motifs is 2. The molecule has 2 aliphatic rings. The van der Waals surface area contributed by atoms with Gasteiger partial charge >= 0.3 is 0 Å². The van der Waals surface area contributed by atoms with Crippen LogP contribution in [0.1, 0.15) is 25.7 Å². The summed E-state index contributed by atoms with van der Waals surface area (Å²) in [7, 11) is 0. The summed E-state index contributed by atoms with van der Waals surface area (Å²) in [5.74, 6) is -0.193. The maximum absolute atomic E-state index is 13.1. The molecule has 2 N–H and O–H groups in total. The minimum atomic E-state index is -0.193. The molecule has 2 fully saturated rings. The number of nitrogens with two attached hydrogens (primary N) is 1. The average Bonchev–Trinajstić information content (AvgIpc) is 2.53. The number of hydrogen-bond donors (Lipinski definition) is 1. The number of anilines is 1. The Bertz CT molecular complexity index is 423. The number of piperidine rings is 1. The molecule has 3 rings (SSSR count). The third-order valence-corrected chi connectivity index (χ3v) is 4.59. The third-order valence-electron chi connectivity index (χ3n) is 3.96. The molecule has 17 heavy (non-hydrogen) atoms. The van der Waals surface area contributed by atoms with E-state index in [1.54, 1.807) is 6.07 Å².